The molecule has 1 atom stereocenters. The maximum atomic E-state index is 13.7. The van der Waals surface area contributed by atoms with Crippen LogP contribution in [0, 0.1) is 5.92 Å². The Kier molecular flexibility index (Phi) is 7.39. The van der Waals surface area contributed by atoms with Gasteiger partial charge in [0.05, 0.1) is 36.8 Å². The lowest BCUT2D eigenvalue weighted by molar-refractivity contribution is 0.0353. The van der Waals surface area contributed by atoms with E-state index in [1.807, 2.05) is 36.4 Å². The van der Waals surface area contributed by atoms with Crippen LogP contribution < -0.4 is 10.2 Å². The van der Waals surface area contributed by atoms with E-state index in [2.05, 4.69) is 18.7 Å². The molecule has 1 aromatic heterocycles. The maximum absolute atomic E-state index is 13.7. The van der Waals surface area contributed by atoms with E-state index in [9.17, 15) is 9.59 Å². The number of hydrogen-bond acceptors (Lipinski definition) is 6. The second-order valence-electron chi connectivity index (χ2n) is 9.98. The summed E-state index contributed by atoms with van der Waals surface area (Å²) in [7, 11) is 0. The average Bonchev–Trinajstić information content (AvgIpc) is 3.16. The Morgan fingerprint density at radius 1 is 1.03 bits per heavy atom. The zero-order chi connectivity index (χ0) is 25.1. The van der Waals surface area contributed by atoms with Crippen molar-refractivity contribution in [3.63, 3.8) is 0 Å². The van der Waals surface area contributed by atoms with Crippen molar-refractivity contribution in [2.75, 3.05) is 46.0 Å². The molecular formula is C29H34N2O5. The number of hydrogen-bond donors (Lipinski definition) is 0. The van der Waals surface area contributed by atoms with Crippen molar-refractivity contribution >= 4 is 16.9 Å². The number of fused-ring (bicyclic) bond motifs is 2. The molecular weight excluding hydrogens is 456 g/mol. The largest absolute Gasteiger partial charge is 0.494 e. The number of carbonyl (C=O) groups excluding carboxylic acids is 1. The highest BCUT2D eigenvalue weighted by atomic mass is 16.5. The molecule has 1 saturated heterocycles. The molecule has 2 aliphatic rings. The fourth-order valence-corrected chi connectivity index (χ4v) is 5.02. The number of rotatable bonds is 9. The SMILES string of the molecule is CC(C)CCOc1cccc([C@@H]2c3c(oc4ccccc4c3=O)C(=O)N2CCCN2CCOCC2)c1. The fraction of sp³-hybridized carbons (Fsp3) is 0.448. The van der Waals surface area contributed by atoms with Crippen LogP contribution in [0.25, 0.3) is 11.0 Å². The lowest BCUT2D eigenvalue weighted by Crippen LogP contribution is -2.38. The van der Waals surface area contributed by atoms with Crippen LogP contribution in [-0.2, 0) is 4.74 Å². The Bertz CT molecular complexity index is 1280. The second kappa shape index (κ2) is 10.8. The van der Waals surface area contributed by atoms with Crippen molar-refractivity contribution in [2.24, 2.45) is 5.92 Å². The van der Waals surface area contributed by atoms with Gasteiger partial charge in [-0.15, -0.1) is 0 Å². The molecule has 1 amide bonds. The van der Waals surface area contributed by atoms with Crippen LogP contribution in [0.2, 0.25) is 0 Å². The van der Waals surface area contributed by atoms with E-state index >= 15 is 0 Å². The van der Waals surface area contributed by atoms with E-state index < -0.39 is 6.04 Å². The molecule has 190 valence electrons. The van der Waals surface area contributed by atoms with Gasteiger partial charge in [0.1, 0.15) is 11.3 Å². The van der Waals surface area contributed by atoms with Gasteiger partial charge in [0.15, 0.2) is 5.43 Å². The van der Waals surface area contributed by atoms with Crippen molar-refractivity contribution in [2.45, 2.75) is 32.7 Å². The Morgan fingerprint density at radius 2 is 1.83 bits per heavy atom. The summed E-state index contributed by atoms with van der Waals surface area (Å²) in [6.45, 7) is 9.64. The summed E-state index contributed by atoms with van der Waals surface area (Å²) in [5.41, 5.74) is 1.57. The molecule has 0 aliphatic carbocycles. The molecule has 0 saturated carbocycles. The number of carbonyl (C=O) groups is 1. The number of benzene rings is 2. The molecule has 36 heavy (non-hydrogen) atoms. The molecule has 1 fully saturated rings. The van der Waals surface area contributed by atoms with Gasteiger partial charge in [-0.3, -0.25) is 14.5 Å². The predicted molar refractivity (Wildman–Crippen MR) is 139 cm³/mol. The minimum atomic E-state index is -0.508. The van der Waals surface area contributed by atoms with Crippen LogP contribution in [0.5, 0.6) is 5.75 Å². The molecule has 0 N–H and O–H groups in total. The van der Waals surface area contributed by atoms with Crippen LogP contribution in [-0.4, -0.2) is 61.7 Å². The van der Waals surface area contributed by atoms with Crippen molar-refractivity contribution in [1.82, 2.24) is 9.80 Å². The average molecular weight is 491 g/mol. The summed E-state index contributed by atoms with van der Waals surface area (Å²) < 4.78 is 17.5. The van der Waals surface area contributed by atoms with Crippen molar-refractivity contribution in [3.05, 3.63) is 75.6 Å². The number of para-hydroxylation sites is 1. The fourth-order valence-electron chi connectivity index (χ4n) is 5.02. The molecule has 0 unspecified atom stereocenters. The highest BCUT2D eigenvalue weighted by Crippen LogP contribution is 2.39. The predicted octanol–water partition coefficient (Wildman–Crippen LogP) is 4.49. The van der Waals surface area contributed by atoms with Gasteiger partial charge in [-0.05, 0) is 48.6 Å². The van der Waals surface area contributed by atoms with Crippen LogP contribution >= 0.6 is 0 Å². The first-order valence-corrected chi connectivity index (χ1v) is 12.9. The topological polar surface area (TPSA) is 72.2 Å². The van der Waals surface area contributed by atoms with E-state index in [-0.39, 0.29) is 17.1 Å². The van der Waals surface area contributed by atoms with Crippen LogP contribution in [0.4, 0.5) is 0 Å². The second-order valence-corrected chi connectivity index (χ2v) is 9.98. The number of ether oxygens (including phenoxy) is 2. The zero-order valence-corrected chi connectivity index (χ0v) is 21.1. The number of morpholine rings is 1. The molecule has 3 heterocycles. The quantitative estimate of drug-likeness (QED) is 0.440. The Hall–Kier alpha value is -3.16. The van der Waals surface area contributed by atoms with Crippen LogP contribution in [0.1, 0.15) is 54.4 Å². The Labute approximate surface area is 211 Å². The summed E-state index contributed by atoms with van der Waals surface area (Å²) in [5.74, 6) is 1.21. The lowest BCUT2D eigenvalue weighted by atomic mass is 9.98. The van der Waals surface area contributed by atoms with Gasteiger partial charge in [-0.2, -0.15) is 0 Å². The van der Waals surface area contributed by atoms with E-state index in [0.29, 0.717) is 35.6 Å². The zero-order valence-electron chi connectivity index (χ0n) is 21.1. The van der Waals surface area contributed by atoms with Gasteiger partial charge < -0.3 is 18.8 Å². The van der Waals surface area contributed by atoms with Crippen LogP contribution in [0.15, 0.2) is 57.7 Å². The first kappa shape index (κ1) is 24.5. The smallest absolute Gasteiger partial charge is 0.290 e. The molecule has 2 aromatic carbocycles. The highest BCUT2D eigenvalue weighted by Gasteiger charge is 2.42. The van der Waals surface area contributed by atoms with E-state index in [1.54, 1.807) is 17.0 Å². The van der Waals surface area contributed by atoms with E-state index in [1.165, 1.54) is 0 Å². The normalized spacial score (nSPS) is 18.2. The minimum absolute atomic E-state index is 0.146. The van der Waals surface area contributed by atoms with Crippen molar-refractivity contribution in [3.8, 4) is 5.75 Å². The standard InChI is InChI=1S/C29H34N2O5/c1-20(2)11-16-35-22-8-5-7-21(19-22)26-25-27(32)23-9-3-4-10-24(23)36-28(25)29(33)31(26)13-6-12-30-14-17-34-18-15-30/h3-5,7-10,19-20,26H,6,11-18H2,1-2H3/t26-/m1/s1. The molecule has 5 rings (SSSR count). The molecule has 0 bridgehead atoms. The summed E-state index contributed by atoms with van der Waals surface area (Å²) in [6, 6.07) is 14.4. The first-order chi connectivity index (χ1) is 17.5. The molecule has 7 nitrogen and oxygen atoms in total. The van der Waals surface area contributed by atoms with Gasteiger partial charge in [0.25, 0.3) is 5.91 Å². The van der Waals surface area contributed by atoms with Gasteiger partial charge in [-0.1, -0.05) is 38.1 Å². The number of nitrogens with zero attached hydrogens (tertiary/aromatic N) is 2. The van der Waals surface area contributed by atoms with Crippen molar-refractivity contribution < 1.29 is 18.7 Å². The van der Waals surface area contributed by atoms with Gasteiger partial charge >= 0.3 is 0 Å². The summed E-state index contributed by atoms with van der Waals surface area (Å²) >= 11 is 0. The Morgan fingerprint density at radius 3 is 2.64 bits per heavy atom. The lowest BCUT2D eigenvalue weighted by Gasteiger charge is -2.29. The van der Waals surface area contributed by atoms with E-state index in [0.717, 1.165) is 57.0 Å². The summed E-state index contributed by atoms with van der Waals surface area (Å²) in [6.07, 6.45) is 1.76. The third-order valence-corrected chi connectivity index (χ3v) is 6.99. The first-order valence-electron chi connectivity index (χ1n) is 12.9. The minimum Gasteiger partial charge on any atom is -0.494 e. The third kappa shape index (κ3) is 5.04. The molecule has 3 aromatic rings. The van der Waals surface area contributed by atoms with E-state index in [4.69, 9.17) is 13.9 Å². The third-order valence-electron chi connectivity index (χ3n) is 6.99. The van der Waals surface area contributed by atoms with Gasteiger partial charge in [-0.25, -0.2) is 0 Å². The maximum Gasteiger partial charge on any atom is 0.290 e. The summed E-state index contributed by atoms with van der Waals surface area (Å²) in [5, 5.41) is 0.494. The molecule has 0 spiro atoms. The van der Waals surface area contributed by atoms with Gasteiger partial charge in [0, 0.05) is 26.2 Å². The number of amides is 1. The van der Waals surface area contributed by atoms with Gasteiger partial charge in [0.2, 0.25) is 5.76 Å². The molecule has 0 radical (unpaired) electrons. The Balaban J connectivity index is 1.48. The highest BCUT2D eigenvalue weighted by molar-refractivity contribution is 5.99. The van der Waals surface area contributed by atoms with Crippen LogP contribution in [0.3, 0.4) is 0 Å². The molecule has 2 aliphatic heterocycles. The summed E-state index contributed by atoms with van der Waals surface area (Å²) in [4.78, 5) is 31.4. The molecule has 7 heteroatoms. The monoisotopic (exact) mass is 490 g/mol. The van der Waals surface area contributed by atoms with Crippen molar-refractivity contribution in [1.29, 1.82) is 0 Å².